The van der Waals surface area contributed by atoms with E-state index in [9.17, 15) is 18.0 Å². The molecule has 0 radical (unpaired) electrons. The second-order valence-corrected chi connectivity index (χ2v) is 9.38. The van der Waals surface area contributed by atoms with E-state index in [2.05, 4.69) is 5.32 Å². The van der Waals surface area contributed by atoms with E-state index in [0.29, 0.717) is 26.2 Å². The first-order chi connectivity index (χ1) is 15.8. The molecule has 0 aromatic heterocycles. The van der Waals surface area contributed by atoms with Gasteiger partial charge in [-0.05, 0) is 67.6 Å². The number of hydrogen-bond donors (Lipinski definition) is 2. The molecule has 1 atom stereocenters. The number of carbonyl (C=O) groups is 1. The molecule has 5 nitrogen and oxygen atoms in total. The Balaban J connectivity index is 1.80. The minimum atomic E-state index is -4.52. The first-order valence-electron chi connectivity index (χ1n) is 10.7. The van der Waals surface area contributed by atoms with Gasteiger partial charge in [-0.1, -0.05) is 29.8 Å². The van der Waals surface area contributed by atoms with E-state index in [1.807, 2.05) is 30.3 Å². The fraction of sp³-hybridized carbons (Fsp3) is 0.435. The number of likely N-dealkylation sites (tertiary alicyclic amines) is 1. The van der Waals surface area contributed by atoms with E-state index in [1.165, 1.54) is 22.3 Å². The van der Waals surface area contributed by atoms with E-state index in [4.69, 9.17) is 16.7 Å². The molecule has 0 saturated carbocycles. The summed E-state index contributed by atoms with van der Waals surface area (Å²) >= 11 is 7.47. The Hall–Kier alpha value is -1.94. The van der Waals surface area contributed by atoms with Crippen molar-refractivity contribution in [3.8, 4) is 0 Å². The summed E-state index contributed by atoms with van der Waals surface area (Å²) in [6.07, 6.45) is -2.69. The molecule has 10 heteroatoms. The van der Waals surface area contributed by atoms with Crippen LogP contribution in [0, 0.1) is 5.92 Å². The number of amides is 1. The third-order valence-electron chi connectivity index (χ3n) is 5.37. The first kappa shape index (κ1) is 25.7. The van der Waals surface area contributed by atoms with Gasteiger partial charge in [0.25, 0.3) is 0 Å². The maximum atomic E-state index is 13.3. The lowest BCUT2D eigenvalue weighted by atomic mass is 9.98. The van der Waals surface area contributed by atoms with Crippen molar-refractivity contribution in [3.63, 3.8) is 0 Å². The second-order valence-electron chi connectivity index (χ2n) is 7.88. The summed E-state index contributed by atoms with van der Waals surface area (Å²) in [5, 5.41) is 12.2. The van der Waals surface area contributed by atoms with Crippen molar-refractivity contribution in [3.05, 3.63) is 59.1 Å². The van der Waals surface area contributed by atoms with Crippen LogP contribution in [0.4, 0.5) is 18.9 Å². The van der Waals surface area contributed by atoms with E-state index in [-0.39, 0.29) is 35.7 Å². The monoisotopic (exact) mass is 501 g/mol. The van der Waals surface area contributed by atoms with Gasteiger partial charge in [-0.15, -0.1) is 0 Å². The smallest absolute Gasteiger partial charge is 0.395 e. The molecule has 1 saturated heterocycles. The standard InChI is InChI=1S/C23H27ClF3N3O2S/c24-20-9-8-18(23(25,26)27)13-21(20)30(33-19-6-2-1-3-7-19)16-22(32)29-11-4-5-17(15-29)14-28-10-12-31/h1-3,6-9,13,17,28,31H,4-5,10-12,14-16H2. The Morgan fingerprint density at radius 1 is 1.24 bits per heavy atom. The fourth-order valence-electron chi connectivity index (χ4n) is 3.72. The van der Waals surface area contributed by atoms with Crippen LogP contribution in [0.25, 0.3) is 0 Å². The van der Waals surface area contributed by atoms with Gasteiger partial charge in [-0.2, -0.15) is 13.2 Å². The third kappa shape index (κ3) is 7.53. The van der Waals surface area contributed by atoms with Crippen molar-refractivity contribution < 1.29 is 23.1 Å². The highest BCUT2D eigenvalue weighted by atomic mass is 35.5. The topological polar surface area (TPSA) is 55.8 Å². The van der Waals surface area contributed by atoms with Crippen LogP contribution in [0.2, 0.25) is 5.02 Å². The van der Waals surface area contributed by atoms with Gasteiger partial charge in [0.1, 0.15) is 6.54 Å². The largest absolute Gasteiger partial charge is 0.416 e. The quantitative estimate of drug-likeness (QED) is 0.385. The number of hydrogen-bond acceptors (Lipinski definition) is 5. The maximum absolute atomic E-state index is 13.3. The molecule has 0 aliphatic carbocycles. The Labute approximate surface area is 201 Å². The average molecular weight is 502 g/mol. The number of alkyl halides is 3. The highest BCUT2D eigenvalue weighted by Crippen LogP contribution is 2.39. The summed E-state index contributed by atoms with van der Waals surface area (Å²) in [4.78, 5) is 15.7. The summed E-state index contributed by atoms with van der Waals surface area (Å²) in [6, 6.07) is 12.3. The number of anilines is 1. The van der Waals surface area contributed by atoms with Crippen molar-refractivity contribution in [2.75, 3.05) is 43.6 Å². The number of carbonyl (C=O) groups excluding carboxylic acids is 1. The number of aliphatic hydroxyl groups excluding tert-OH is 1. The summed E-state index contributed by atoms with van der Waals surface area (Å²) in [7, 11) is 0. The molecule has 180 valence electrons. The zero-order valence-corrected chi connectivity index (χ0v) is 19.6. The Morgan fingerprint density at radius 3 is 2.70 bits per heavy atom. The number of rotatable bonds is 9. The molecule has 1 unspecified atom stereocenters. The third-order valence-corrected chi connectivity index (χ3v) is 6.72. The Kier molecular flexibility index (Phi) is 9.31. The predicted octanol–water partition coefficient (Wildman–Crippen LogP) is 4.69. The molecule has 2 aromatic carbocycles. The lowest BCUT2D eigenvalue weighted by molar-refractivity contribution is -0.137. The summed E-state index contributed by atoms with van der Waals surface area (Å²) < 4.78 is 41.6. The van der Waals surface area contributed by atoms with Crippen LogP contribution in [-0.2, 0) is 11.0 Å². The van der Waals surface area contributed by atoms with E-state index < -0.39 is 11.7 Å². The number of benzene rings is 2. The molecule has 1 aliphatic heterocycles. The highest BCUT2D eigenvalue weighted by Gasteiger charge is 2.32. The van der Waals surface area contributed by atoms with Crippen molar-refractivity contribution in [2.45, 2.75) is 23.9 Å². The first-order valence-corrected chi connectivity index (χ1v) is 11.9. The maximum Gasteiger partial charge on any atom is 0.416 e. The number of halogens is 4. The summed E-state index contributed by atoms with van der Waals surface area (Å²) in [5.41, 5.74) is -0.673. The molecular weight excluding hydrogens is 475 g/mol. The van der Waals surface area contributed by atoms with E-state index in [0.717, 1.165) is 29.9 Å². The van der Waals surface area contributed by atoms with Gasteiger partial charge in [-0.3, -0.25) is 4.79 Å². The lowest BCUT2D eigenvalue weighted by Crippen LogP contribution is -2.46. The molecular formula is C23H27ClF3N3O2S. The van der Waals surface area contributed by atoms with Crippen LogP contribution >= 0.6 is 23.5 Å². The van der Waals surface area contributed by atoms with Crippen LogP contribution in [0.5, 0.6) is 0 Å². The van der Waals surface area contributed by atoms with Crippen molar-refractivity contribution >= 4 is 35.1 Å². The number of nitrogens with one attached hydrogen (secondary N) is 1. The number of aliphatic hydroxyl groups is 1. The van der Waals surface area contributed by atoms with E-state index >= 15 is 0 Å². The van der Waals surface area contributed by atoms with Crippen molar-refractivity contribution in [2.24, 2.45) is 5.92 Å². The summed E-state index contributed by atoms with van der Waals surface area (Å²) in [5.74, 6) is 0.0976. The Bertz CT molecular complexity index is 918. The SMILES string of the molecule is O=C(CN(Sc1ccccc1)c1cc(C(F)(F)F)ccc1Cl)N1CCCC(CNCCO)C1. The summed E-state index contributed by atoms with van der Waals surface area (Å²) in [6.45, 7) is 2.31. The van der Waals surface area contributed by atoms with Gasteiger partial charge >= 0.3 is 6.18 Å². The van der Waals surface area contributed by atoms with Crippen LogP contribution in [0.15, 0.2) is 53.4 Å². The fourth-order valence-corrected chi connectivity index (χ4v) is 4.95. The molecule has 2 aromatic rings. The van der Waals surface area contributed by atoms with Crippen molar-refractivity contribution in [1.29, 1.82) is 0 Å². The van der Waals surface area contributed by atoms with Crippen LogP contribution in [0.1, 0.15) is 18.4 Å². The second kappa shape index (κ2) is 12.0. The highest BCUT2D eigenvalue weighted by molar-refractivity contribution is 8.00. The van der Waals surface area contributed by atoms with Gasteiger partial charge in [0.05, 0.1) is 22.9 Å². The molecule has 2 N–H and O–H groups in total. The van der Waals surface area contributed by atoms with Gasteiger partial charge < -0.3 is 19.6 Å². The van der Waals surface area contributed by atoms with Gasteiger partial charge in [0.15, 0.2) is 0 Å². The normalized spacial score (nSPS) is 16.6. The van der Waals surface area contributed by atoms with Gasteiger partial charge in [-0.25, -0.2) is 0 Å². The van der Waals surface area contributed by atoms with Gasteiger partial charge in [0, 0.05) is 24.5 Å². The minimum Gasteiger partial charge on any atom is -0.395 e. The van der Waals surface area contributed by atoms with Crippen molar-refractivity contribution in [1.82, 2.24) is 10.2 Å². The molecule has 1 fully saturated rings. The predicted molar refractivity (Wildman–Crippen MR) is 125 cm³/mol. The van der Waals surface area contributed by atoms with E-state index in [1.54, 1.807) is 4.90 Å². The number of nitrogens with zero attached hydrogens (tertiary/aromatic N) is 2. The van der Waals surface area contributed by atoms with Gasteiger partial charge in [0.2, 0.25) is 5.91 Å². The molecule has 33 heavy (non-hydrogen) atoms. The lowest BCUT2D eigenvalue weighted by Gasteiger charge is -2.35. The zero-order chi connectivity index (χ0) is 23.8. The molecule has 1 amide bonds. The average Bonchev–Trinajstić information content (AvgIpc) is 2.79. The molecule has 1 heterocycles. The molecule has 1 aliphatic rings. The number of piperidine rings is 1. The molecule has 0 bridgehead atoms. The molecule has 3 rings (SSSR count). The molecule has 0 spiro atoms. The Morgan fingerprint density at radius 2 is 2.00 bits per heavy atom. The van der Waals surface area contributed by atoms with Crippen LogP contribution in [-0.4, -0.2) is 55.2 Å². The zero-order valence-electron chi connectivity index (χ0n) is 18.0. The minimum absolute atomic E-state index is 0.0543. The van der Waals surface area contributed by atoms with Crippen LogP contribution in [0.3, 0.4) is 0 Å². The van der Waals surface area contributed by atoms with Crippen LogP contribution < -0.4 is 9.62 Å².